The molecule has 8 heteroatoms. The number of halogens is 1. The normalized spacial score (nSPS) is 11.5. The molecule has 0 bridgehead atoms. The number of aromatic nitrogens is 3. The molecule has 3 heterocycles. The summed E-state index contributed by atoms with van der Waals surface area (Å²) in [6.07, 6.45) is 1.38. The van der Waals surface area contributed by atoms with Crippen LogP contribution in [0, 0.1) is 12.7 Å². The smallest absolute Gasteiger partial charge is 0.334 e. The first kappa shape index (κ1) is 16.6. The van der Waals surface area contributed by atoms with Crippen molar-refractivity contribution in [1.29, 1.82) is 0 Å². The zero-order valence-corrected chi connectivity index (χ0v) is 15.3. The van der Waals surface area contributed by atoms with E-state index in [2.05, 4.69) is 9.97 Å². The maximum absolute atomic E-state index is 13.2. The van der Waals surface area contributed by atoms with Crippen molar-refractivity contribution in [2.24, 2.45) is 0 Å². The molecule has 0 saturated heterocycles. The topological polar surface area (TPSA) is 80.9 Å². The van der Waals surface area contributed by atoms with Gasteiger partial charge in [0.15, 0.2) is 12.0 Å². The molecule has 0 unspecified atom stereocenters. The highest BCUT2D eigenvalue weighted by atomic mass is 32.1. The summed E-state index contributed by atoms with van der Waals surface area (Å²) in [4.78, 5) is 33.9. The predicted molar refractivity (Wildman–Crippen MR) is 106 cm³/mol. The van der Waals surface area contributed by atoms with Crippen molar-refractivity contribution in [2.75, 3.05) is 0 Å². The lowest BCUT2D eigenvalue weighted by molar-refractivity contribution is 0.602. The largest absolute Gasteiger partial charge is 0.443 e. The number of thiophene rings is 1. The lowest BCUT2D eigenvalue weighted by atomic mass is 10.1. The third kappa shape index (κ3) is 2.42. The quantitative estimate of drug-likeness (QED) is 0.492. The zero-order valence-electron chi connectivity index (χ0n) is 14.5. The summed E-state index contributed by atoms with van der Waals surface area (Å²) in [5.41, 5.74) is 2.33. The zero-order chi connectivity index (χ0) is 19.4. The second kappa shape index (κ2) is 6.00. The number of hydrogen-bond acceptors (Lipinski definition) is 5. The SMILES string of the molecule is Cc1c(-c2ccc3ncoc3c2)sc2[nH]c(=O)n(-c3ccc(F)cc3)c(=O)c12. The molecule has 0 radical (unpaired) electrons. The van der Waals surface area contributed by atoms with Crippen molar-refractivity contribution in [3.63, 3.8) is 0 Å². The van der Waals surface area contributed by atoms with Crippen LogP contribution in [0.2, 0.25) is 0 Å². The second-order valence-electron chi connectivity index (χ2n) is 6.34. The summed E-state index contributed by atoms with van der Waals surface area (Å²) in [7, 11) is 0. The first-order valence-corrected chi connectivity index (χ1v) is 9.22. The second-order valence-corrected chi connectivity index (χ2v) is 7.36. The van der Waals surface area contributed by atoms with Crippen LogP contribution in [0.25, 0.3) is 37.4 Å². The van der Waals surface area contributed by atoms with E-state index in [9.17, 15) is 14.0 Å². The van der Waals surface area contributed by atoms with E-state index in [1.165, 1.54) is 42.0 Å². The van der Waals surface area contributed by atoms with E-state index < -0.39 is 17.1 Å². The molecule has 2 aromatic carbocycles. The Hall–Kier alpha value is -3.52. The molecule has 3 aromatic heterocycles. The number of nitrogens with one attached hydrogen (secondary N) is 1. The standard InChI is InChI=1S/C20H12FN3O3S/c1-10-16-18(28-17(10)11-2-7-14-15(8-11)27-9-22-14)23-20(26)24(19(16)25)13-5-3-12(21)4-6-13/h2-9H,1H3,(H,23,26). The van der Waals surface area contributed by atoms with Gasteiger partial charge >= 0.3 is 5.69 Å². The highest BCUT2D eigenvalue weighted by molar-refractivity contribution is 7.22. The van der Waals surface area contributed by atoms with Crippen molar-refractivity contribution < 1.29 is 8.81 Å². The number of aromatic amines is 1. The van der Waals surface area contributed by atoms with E-state index in [1.54, 1.807) is 0 Å². The molecule has 138 valence electrons. The molecule has 0 aliphatic rings. The molecular formula is C20H12FN3O3S. The molecule has 5 rings (SSSR count). The number of aryl methyl sites for hydroxylation is 1. The molecule has 6 nitrogen and oxygen atoms in total. The Bertz CT molecular complexity index is 1480. The van der Waals surface area contributed by atoms with Crippen LogP contribution in [-0.2, 0) is 0 Å². The molecule has 0 saturated carbocycles. The summed E-state index contributed by atoms with van der Waals surface area (Å²) < 4.78 is 19.6. The molecule has 0 atom stereocenters. The van der Waals surface area contributed by atoms with Crippen molar-refractivity contribution >= 4 is 32.7 Å². The van der Waals surface area contributed by atoms with Gasteiger partial charge in [0.1, 0.15) is 16.2 Å². The van der Waals surface area contributed by atoms with Gasteiger partial charge in [-0.1, -0.05) is 6.07 Å². The minimum absolute atomic E-state index is 0.310. The molecule has 0 aliphatic carbocycles. The predicted octanol–water partition coefficient (Wildman–Crippen LogP) is 4.00. The minimum Gasteiger partial charge on any atom is -0.443 e. The number of hydrogen-bond donors (Lipinski definition) is 1. The average Bonchev–Trinajstić information content (AvgIpc) is 3.27. The molecule has 0 aliphatic heterocycles. The highest BCUT2D eigenvalue weighted by Crippen LogP contribution is 2.36. The third-order valence-electron chi connectivity index (χ3n) is 4.67. The first-order valence-electron chi connectivity index (χ1n) is 8.41. The maximum Gasteiger partial charge on any atom is 0.334 e. The van der Waals surface area contributed by atoms with Crippen LogP contribution in [-0.4, -0.2) is 14.5 Å². The Morgan fingerprint density at radius 2 is 1.93 bits per heavy atom. The van der Waals surface area contributed by atoms with Crippen molar-refractivity contribution in [3.05, 3.63) is 81.1 Å². The van der Waals surface area contributed by atoms with E-state index in [0.29, 0.717) is 21.5 Å². The van der Waals surface area contributed by atoms with Gasteiger partial charge in [0.25, 0.3) is 5.56 Å². The van der Waals surface area contributed by atoms with Gasteiger partial charge in [0, 0.05) is 4.88 Å². The van der Waals surface area contributed by atoms with Gasteiger partial charge in [-0.15, -0.1) is 11.3 Å². The molecular weight excluding hydrogens is 381 g/mol. The summed E-state index contributed by atoms with van der Waals surface area (Å²) in [5, 5.41) is 0.432. The van der Waals surface area contributed by atoms with Gasteiger partial charge in [-0.05, 0) is 54.4 Å². The van der Waals surface area contributed by atoms with Crippen LogP contribution >= 0.6 is 11.3 Å². The average molecular weight is 393 g/mol. The molecule has 5 aromatic rings. The van der Waals surface area contributed by atoms with Crippen LogP contribution in [0.4, 0.5) is 4.39 Å². The van der Waals surface area contributed by atoms with Gasteiger partial charge in [0.05, 0.1) is 11.1 Å². The lowest BCUT2D eigenvalue weighted by Crippen LogP contribution is -2.33. The van der Waals surface area contributed by atoms with E-state index in [4.69, 9.17) is 4.42 Å². The Labute approximate surface area is 160 Å². The maximum atomic E-state index is 13.2. The molecule has 0 spiro atoms. The molecule has 1 N–H and O–H groups in total. The van der Waals surface area contributed by atoms with E-state index in [-0.39, 0.29) is 0 Å². The fourth-order valence-electron chi connectivity index (χ4n) is 3.31. The van der Waals surface area contributed by atoms with Gasteiger partial charge in [-0.2, -0.15) is 0 Å². The summed E-state index contributed by atoms with van der Waals surface area (Å²) in [6.45, 7) is 1.84. The van der Waals surface area contributed by atoms with Gasteiger partial charge in [-0.3, -0.25) is 9.78 Å². The fourth-order valence-corrected chi connectivity index (χ4v) is 4.50. The number of benzene rings is 2. The van der Waals surface area contributed by atoms with Crippen LogP contribution in [0.5, 0.6) is 0 Å². The Balaban J connectivity index is 1.77. The van der Waals surface area contributed by atoms with E-state index in [0.717, 1.165) is 26.1 Å². The van der Waals surface area contributed by atoms with E-state index >= 15 is 0 Å². The molecule has 0 amide bonds. The highest BCUT2D eigenvalue weighted by Gasteiger charge is 2.18. The first-order chi connectivity index (χ1) is 13.5. The van der Waals surface area contributed by atoms with E-state index in [1.807, 2.05) is 25.1 Å². The Morgan fingerprint density at radius 1 is 1.14 bits per heavy atom. The van der Waals surface area contributed by atoms with Crippen molar-refractivity contribution in [1.82, 2.24) is 14.5 Å². The molecule has 0 fully saturated rings. The number of oxazole rings is 1. The van der Waals surface area contributed by atoms with Crippen LogP contribution in [0.1, 0.15) is 5.56 Å². The molecule has 28 heavy (non-hydrogen) atoms. The summed E-state index contributed by atoms with van der Waals surface area (Å²) in [5.74, 6) is -0.439. The van der Waals surface area contributed by atoms with Crippen LogP contribution in [0.15, 0.2) is 62.9 Å². The number of H-pyrrole nitrogens is 1. The Kier molecular flexibility index (Phi) is 3.56. The van der Waals surface area contributed by atoms with Gasteiger partial charge in [-0.25, -0.2) is 18.7 Å². The monoisotopic (exact) mass is 393 g/mol. The Morgan fingerprint density at radius 3 is 2.71 bits per heavy atom. The van der Waals surface area contributed by atoms with Crippen LogP contribution in [0.3, 0.4) is 0 Å². The van der Waals surface area contributed by atoms with Gasteiger partial charge < -0.3 is 4.42 Å². The summed E-state index contributed by atoms with van der Waals surface area (Å²) in [6, 6.07) is 10.8. The summed E-state index contributed by atoms with van der Waals surface area (Å²) >= 11 is 1.33. The van der Waals surface area contributed by atoms with Gasteiger partial charge in [0.2, 0.25) is 0 Å². The minimum atomic E-state index is -0.567. The number of fused-ring (bicyclic) bond motifs is 2. The van der Waals surface area contributed by atoms with Crippen molar-refractivity contribution in [3.8, 4) is 16.1 Å². The van der Waals surface area contributed by atoms with Crippen LogP contribution < -0.4 is 11.2 Å². The lowest BCUT2D eigenvalue weighted by Gasteiger charge is -2.05. The number of rotatable bonds is 2. The third-order valence-corrected chi connectivity index (χ3v) is 5.92. The number of nitrogens with zero attached hydrogens (tertiary/aromatic N) is 2. The van der Waals surface area contributed by atoms with Crippen molar-refractivity contribution in [2.45, 2.75) is 6.92 Å². The fraction of sp³-hybridized carbons (Fsp3) is 0.0500.